The predicted octanol–water partition coefficient (Wildman–Crippen LogP) is 1.88. The predicted molar refractivity (Wildman–Crippen MR) is 64.3 cm³/mol. The summed E-state index contributed by atoms with van der Waals surface area (Å²) in [6.07, 6.45) is 6.61. The summed E-state index contributed by atoms with van der Waals surface area (Å²) in [5.74, 6) is 1.57. The molecule has 0 saturated heterocycles. The van der Waals surface area contributed by atoms with E-state index in [-0.39, 0.29) is 0 Å². The van der Waals surface area contributed by atoms with Crippen LogP contribution >= 0.6 is 0 Å². The molecule has 0 aliphatic rings. The van der Waals surface area contributed by atoms with Crippen LogP contribution in [0, 0.1) is 6.92 Å². The van der Waals surface area contributed by atoms with Crippen LogP contribution in [-0.4, -0.2) is 14.5 Å². The fourth-order valence-corrected chi connectivity index (χ4v) is 1.72. The molecule has 1 N–H and O–H groups in total. The van der Waals surface area contributed by atoms with Gasteiger partial charge in [-0.25, -0.2) is 9.97 Å². The van der Waals surface area contributed by atoms with Crippen LogP contribution < -0.4 is 5.32 Å². The van der Waals surface area contributed by atoms with E-state index in [4.69, 9.17) is 4.42 Å². The summed E-state index contributed by atoms with van der Waals surface area (Å²) in [6.45, 7) is 6.49. The number of aromatic nitrogens is 3. The fourth-order valence-electron chi connectivity index (χ4n) is 1.72. The van der Waals surface area contributed by atoms with Gasteiger partial charge in [-0.15, -0.1) is 0 Å². The maximum Gasteiger partial charge on any atom is 0.208 e. The summed E-state index contributed by atoms with van der Waals surface area (Å²) in [4.78, 5) is 8.30. The number of imidazole rings is 1. The maximum atomic E-state index is 5.38. The molecule has 2 aromatic rings. The van der Waals surface area contributed by atoms with Gasteiger partial charge in [0.15, 0.2) is 0 Å². The molecule has 0 saturated carbocycles. The average molecular weight is 234 g/mol. The van der Waals surface area contributed by atoms with E-state index < -0.39 is 0 Å². The lowest BCUT2D eigenvalue weighted by Gasteiger charge is -2.06. The van der Waals surface area contributed by atoms with E-state index >= 15 is 0 Å². The van der Waals surface area contributed by atoms with Gasteiger partial charge in [-0.1, -0.05) is 6.92 Å². The standard InChI is InChI=1S/C12H18N4O/c1-3-4-16-9-14-7-11(16)6-13-8-12-15-5-10(2)17-12/h5,7,9,13H,3-4,6,8H2,1-2H3. The van der Waals surface area contributed by atoms with Crippen LogP contribution in [0.1, 0.15) is 30.7 Å². The Kier molecular flexibility index (Phi) is 3.93. The van der Waals surface area contributed by atoms with E-state index in [1.807, 2.05) is 19.4 Å². The number of rotatable bonds is 6. The first-order chi connectivity index (χ1) is 8.29. The van der Waals surface area contributed by atoms with Crippen molar-refractivity contribution in [2.24, 2.45) is 0 Å². The minimum absolute atomic E-state index is 0.644. The van der Waals surface area contributed by atoms with Gasteiger partial charge in [0.1, 0.15) is 5.76 Å². The molecule has 2 rings (SSSR count). The van der Waals surface area contributed by atoms with Gasteiger partial charge in [0, 0.05) is 19.3 Å². The minimum Gasteiger partial charge on any atom is -0.445 e. The lowest BCUT2D eigenvalue weighted by molar-refractivity contribution is 0.446. The van der Waals surface area contributed by atoms with E-state index in [9.17, 15) is 0 Å². The van der Waals surface area contributed by atoms with Crippen molar-refractivity contribution in [3.05, 3.63) is 36.1 Å². The molecule has 0 amide bonds. The summed E-state index contributed by atoms with van der Waals surface area (Å²) in [7, 11) is 0. The zero-order chi connectivity index (χ0) is 12.1. The topological polar surface area (TPSA) is 55.9 Å². The normalized spacial score (nSPS) is 10.9. The molecule has 0 aromatic carbocycles. The second kappa shape index (κ2) is 5.63. The van der Waals surface area contributed by atoms with E-state index in [0.29, 0.717) is 6.54 Å². The van der Waals surface area contributed by atoms with Gasteiger partial charge in [-0.2, -0.15) is 0 Å². The molecular weight excluding hydrogens is 216 g/mol. The lowest BCUT2D eigenvalue weighted by Crippen LogP contribution is -2.15. The van der Waals surface area contributed by atoms with Crippen LogP contribution in [0.2, 0.25) is 0 Å². The molecule has 92 valence electrons. The highest BCUT2D eigenvalue weighted by molar-refractivity contribution is 4.98. The van der Waals surface area contributed by atoms with Crippen LogP contribution in [0.5, 0.6) is 0 Å². The van der Waals surface area contributed by atoms with Crippen molar-refractivity contribution >= 4 is 0 Å². The Morgan fingerprint density at radius 3 is 2.94 bits per heavy atom. The average Bonchev–Trinajstić information content (AvgIpc) is 2.90. The number of hydrogen-bond acceptors (Lipinski definition) is 4. The zero-order valence-corrected chi connectivity index (χ0v) is 10.3. The molecule has 5 nitrogen and oxygen atoms in total. The first kappa shape index (κ1) is 11.9. The Balaban J connectivity index is 1.83. The van der Waals surface area contributed by atoms with Crippen LogP contribution in [0.15, 0.2) is 23.1 Å². The van der Waals surface area contributed by atoms with Crippen molar-refractivity contribution in [3.63, 3.8) is 0 Å². The molecule has 2 heterocycles. The highest BCUT2D eigenvalue weighted by atomic mass is 16.4. The first-order valence-electron chi connectivity index (χ1n) is 5.90. The van der Waals surface area contributed by atoms with Crippen molar-refractivity contribution in [3.8, 4) is 0 Å². The Morgan fingerprint density at radius 2 is 2.24 bits per heavy atom. The number of aryl methyl sites for hydroxylation is 2. The quantitative estimate of drug-likeness (QED) is 0.829. The third kappa shape index (κ3) is 3.17. The van der Waals surface area contributed by atoms with Gasteiger partial charge < -0.3 is 14.3 Å². The summed E-state index contributed by atoms with van der Waals surface area (Å²) in [6, 6.07) is 0. The monoisotopic (exact) mass is 234 g/mol. The van der Waals surface area contributed by atoms with Crippen molar-refractivity contribution in [2.45, 2.75) is 39.9 Å². The summed E-state index contributed by atoms with van der Waals surface area (Å²) in [5, 5.41) is 3.30. The van der Waals surface area contributed by atoms with Gasteiger partial charge in [0.25, 0.3) is 0 Å². The van der Waals surface area contributed by atoms with Gasteiger partial charge in [0.05, 0.1) is 24.8 Å². The van der Waals surface area contributed by atoms with Gasteiger partial charge >= 0.3 is 0 Å². The van der Waals surface area contributed by atoms with E-state index in [0.717, 1.165) is 31.2 Å². The smallest absolute Gasteiger partial charge is 0.208 e. The number of nitrogens with one attached hydrogen (secondary N) is 1. The fraction of sp³-hybridized carbons (Fsp3) is 0.500. The highest BCUT2D eigenvalue weighted by Crippen LogP contribution is 2.03. The van der Waals surface area contributed by atoms with Gasteiger partial charge in [-0.05, 0) is 13.3 Å². The van der Waals surface area contributed by atoms with E-state index in [1.165, 1.54) is 5.69 Å². The molecule has 0 atom stereocenters. The Morgan fingerprint density at radius 1 is 1.35 bits per heavy atom. The Bertz CT molecular complexity index is 461. The maximum absolute atomic E-state index is 5.38. The molecule has 0 aliphatic heterocycles. The van der Waals surface area contributed by atoms with Crippen LogP contribution in [-0.2, 0) is 19.6 Å². The molecular formula is C12H18N4O. The lowest BCUT2D eigenvalue weighted by atomic mass is 10.4. The molecule has 2 aromatic heterocycles. The van der Waals surface area contributed by atoms with Crippen LogP contribution in [0.25, 0.3) is 0 Å². The van der Waals surface area contributed by atoms with E-state index in [2.05, 4.69) is 26.8 Å². The summed E-state index contributed by atoms with van der Waals surface area (Å²) >= 11 is 0. The Labute approximate surface area is 101 Å². The largest absolute Gasteiger partial charge is 0.445 e. The van der Waals surface area contributed by atoms with Gasteiger partial charge in [-0.3, -0.25) is 0 Å². The molecule has 0 aliphatic carbocycles. The van der Waals surface area contributed by atoms with Gasteiger partial charge in [0.2, 0.25) is 5.89 Å². The highest BCUT2D eigenvalue weighted by Gasteiger charge is 2.03. The summed E-state index contributed by atoms with van der Waals surface area (Å²) in [5.41, 5.74) is 1.19. The third-order valence-corrected chi connectivity index (χ3v) is 2.51. The second-order valence-corrected chi connectivity index (χ2v) is 4.05. The molecule has 0 bridgehead atoms. The van der Waals surface area contributed by atoms with Crippen molar-refractivity contribution < 1.29 is 4.42 Å². The molecule has 5 heteroatoms. The van der Waals surface area contributed by atoms with Crippen molar-refractivity contribution in [1.29, 1.82) is 0 Å². The number of nitrogens with zero attached hydrogens (tertiary/aromatic N) is 3. The first-order valence-corrected chi connectivity index (χ1v) is 5.90. The molecule has 0 radical (unpaired) electrons. The number of oxazole rings is 1. The minimum atomic E-state index is 0.644. The van der Waals surface area contributed by atoms with Crippen molar-refractivity contribution in [1.82, 2.24) is 19.9 Å². The van der Waals surface area contributed by atoms with Crippen LogP contribution in [0.3, 0.4) is 0 Å². The van der Waals surface area contributed by atoms with Crippen molar-refractivity contribution in [2.75, 3.05) is 0 Å². The van der Waals surface area contributed by atoms with E-state index in [1.54, 1.807) is 6.20 Å². The second-order valence-electron chi connectivity index (χ2n) is 4.05. The molecule has 17 heavy (non-hydrogen) atoms. The molecule has 0 spiro atoms. The SMILES string of the molecule is CCCn1cncc1CNCc1ncc(C)o1. The third-order valence-electron chi connectivity index (χ3n) is 2.51. The Hall–Kier alpha value is -1.62. The number of hydrogen-bond donors (Lipinski definition) is 1. The van der Waals surface area contributed by atoms with Crippen LogP contribution in [0.4, 0.5) is 0 Å². The molecule has 0 unspecified atom stereocenters. The zero-order valence-electron chi connectivity index (χ0n) is 10.3. The molecule has 0 fully saturated rings. The summed E-state index contributed by atoms with van der Waals surface area (Å²) < 4.78 is 7.55.